The van der Waals surface area contributed by atoms with E-state index >= 15 is 0 Å². The van der Waals surface area contributed by atoms with E-state index in [4.69, 9.17) is 0 Å². The number of benzene rings is 1. The number of aryl methyl sites for hydroxylation is 1. The summed E-state index contributed by atoms with van der Waals surface area (Å²) in [6, 6.07) is 9.46. The van der Waals surface area contributed by atoms with Crippen LogP contribution in [0.3, 0.4) is 0 Å². The molecule has 0 fully saturated rings. The highest BCUT2D eigenvalue weighted by Gasteiger charge is 2.05. The number of anilines is 4. The molecule has 1 amide bonds. The van der Waals surface area contributed by atoms with Crippen molar-refractivity contribution in [3.63, 3.8) is 0 Å². The Morgan fingerprint density at radius 2 is 1.78 bits per heavy atom. The molecule has 0 aliphatic heterocycles. The maximum Gasteiger partial charge on any atom is 0.224 e. The average Bonchev–Trinajstić information content (AvgIpc) is 2.49. The van der Waals surface area contributed by atoms with Gasteiger partial charge in [0.15, 0.2) is 0 Å². The summed E-state index contributed by atoms with van der Waals surface area (Å²) in [5, 5.41) is 6.12. The topological polar surface area (TPSA) is 70.2 Å². The highest BCUT2D eigenvalue weighted by molar-refractivity contribution is 5.90. The van der Waals surface area contributed by atoms with E-state index in [1.54, 1.807) is 0 Å². The lowest BCUT2D eigenvalue weighted by Crippen LogP contribution is -2.12. The highest BCUT2D eigenvalue weighted by atomic mass is 16.1. The van der Waals surface area contributed by atoms with Gasteiger partial charge in [-0.25, -0.2) is 9.97 Å². The zero-order valence-corrected chi connectivity index (χ0v) is 14.1. The van der Waals surface area contributed by atoms with Crippen molar-refractivity contribution in [1.82, 2.24) is 9.97 Å². The van der Waals surface area contributed by atoms with Gasteiger partial charge < -0.3 is 15.5 Å². The van der Waals surface area contributed by atoms with E-state index in [0.717, 1.165) is 29.4 Å². The van der Waals surface area contributed by atoms with E-state index in [0.29, 0.717) is 12.2 Å². The Bertz CT molecular complexity index is 667. The molecule has 6 heteroatoms. The first-order chi connectivity index (χ1) is 11.0. The Hall–Kier alpha value is -2.63. The minimum absolute atomic E-state index is 0.0373. The molecule has 1 aromatic heterocycles. The number of hydrogen-bond donors (Lipinski definition) is 2. The van der Waals surface area contributed by atoms with Gasteiger partial charge >= 0.3 is 0 Å². The predicted octanol–water partition coefficient (Wildman–Crippen LogP) is 3.33. The monoisotopic (exact) mass is 313 g/mol. The van der Waals surface area contributed by atoms with Gasteiger partial charge in [0.05, 0.1) is 0 Å². The first-order valence-corrected chi connectivity index (χ1v) is 7.68. The molecule has 2 N–H and O–H groups in total. The molecule has 2 aromatic rings. The predicted molar refractivity (Wildman–Crippen MR) is 94.4 cm³/mol. The quantitative estimate of drug-likeness (QED) is 0.856. The van der Waals surface area contributed by atoms with Gasteiger partial charge in [0.2, 0.25) is 5.91 Å². The molecule has 0 spiro atoms. The van der Waals surface area contributed by atoms with Gasteiger partial charge in [0, 0.05) is 38.0 Å². The van der Waals surface area contributed by atoms with E-state index < -0.39 is 0 Å². The third-order valence-electron chi connectivity index (χ3n) is 3.20. The van der Waals surface area contributed by atoms with Crippen LogP contribution in [0.25, 0.3) is 0 Å². The van der Waals surface area contributed by atoms with Crippen molar-refractivity contribution in [3.8, 4) is 0 Å². The Balaban J connectivity index is 2.07. The van der Waals surface area contributed by atoms with Crippen LogP contribution in [-0.4, -0.2) is 30.0 Å². The van der Waals surface area contributed by atoms with Crippen LogP contribution in [0, 0.1) is 6.92 Å². The van der Waals surface area contributed by atoms with Crippen molar-refractivity contribution in [1.29, 1.82) is 0 Å². The summed E-state index contributed by atoms with van der Waals surface area (Å²) in [7, 11) is 3.89. The van der Waals surface area contributed by atoms with Crippen LogP contribution >= 0.6 is 0 Å². The SMILES string of the molecule is CCCC(=O)Nc1ccc(Nc2cc(N(C)C)nc(C)n2)cc1. The van der Waals surface area contributed by atoms with Crippen LogP contribution < -0.4 is 15.5 Å². The summed E-state index contributed by atoms with van der Waals surface area (Å²) < 4.78 is 0. The molecule has 2 rings (SSSR count). The molecule has 6 nitrogen and oxygen atoms in total. The maximum absolute atomic E-state index is 11.6. The molecule has 0 unspecified atom stereocenters. The van der Waals surface area contributed by atoms with Crippen molar-refractivity contribution in [2.24, 2.45) is 0 Å². The average molecular weight is 313 g/mol. The first kappa shape index (κ1) is 16.7. The molecule has 0 saturated carbocycles. The summed E-state index contributed by atoms with van der Waals surface area (Å²) in [5.74, 6) is 2.34. The van der Waals surface area contributed by atoms with Gasteiger partial charge in [0.1, 0.15) is 17.5 Å². The smallest absolute Gasteiger partial charge is 0.224 e. The zero-order valence-electron chi connectivity index (χ0n) is 14.1. The third-order valence-corrected chi connectivity index (χ3v) is 3.20. The lowest BCUT2D eigenvalue weighted by Gasteiger charge is -2.14. The van der Waals surface area contributed by atoms with E-state index in [1.807, 2.05) is 63.2 Å². The fourth-order valence-electron chi connectivity index (χ4n) is 2.08. The second-order valence-corrected chi connectivity index (χ2v) is 5.55. The summed E-state index contributed by atoms with van der Waals surface area (Å²) in [4.78, 5) is 22.3. The number of amides is 1. The van der Waals surface area contributed by atoms with Gasteiger partial charge in [-0.3, -0.25) is 4.79 Å². The van der Waals surface area contributed by atoms with Crippen LogP contribution in [0.4, 0.5) is 23.0 Å². The fraction of sp³-hybridized carbons (Fsp3) is 0.353. The van der Waals surface area contributed by atoms with Crippen molar-refractivity contribution in [3.05, 3.63) is 36.2 Å². The number of hydrogen-bond acceptors (Lipinski definition) is 5. The molecule has 23 heavy (non-hydrogen) atoms. The normalized spacial score (nSPS) is 10.3. The zero-order chi connectivity index (χ0) is 16.8. The largest absolute Gasteiger partial charge is 0.363 e. The first-order valence-electron chi connectivity index (χ1n) is 7.68. The molecular formula is C17H23N5O. The van der Waals surface area contributed by atoms with Gasteiger partial charge in [-0.15, -0.1) is 0 Å². The van der Waals surface area contributed by atoms with E-state index in [1.165, 1.54) is 0 Å². The van der Waals surface area contributed by atoms with Gasteiger partial charge in [-0.05, 0) is 37.6 Å². The van der Waals surface area contributed by atoms with Crippen LogP contribution in [-0.2, 0) is 4.79 Å². The molecule has 0 bridgehead atoms. The number of nitrogens with zero attached hydrogens (tertiary/aromatic N) is 3. The Labute approximate surface area is 137 Å². The number of nitrogens with one attached hydrogen (secondary N) is 2. The molecule has 0 radical (unpaired) electrons. The molecule has 0 aliphatic carbocycles. The van der Waals surface area contributed by atoms with Gasteiger partial charge in [-0.1, -0.05) is 6.92 Å². The second-order valence-electron chi connectivity index (χ2n) is 5.55. The van der Waals surface area contributed by atoms with E-state index in [-0.39, 0.29) is 5.91 Å². The van der Waals surface area contributed by atoms with Crippen molar-refractivity contribution >= 4 is 28.9 Å². The van der Waals surface area contributed by atoms with E-state index in [9.17, 15) is 4.79 Å². The van der Waals surface area contributed by atoms with Crippen molar-refractivity contribution in [2.75, 3.05) is 29.6 Å². The number of rotatable bonds is 6. The summed E-state index contributed by atoms with van der Waals surface area (Å²) in [5.41, 5.74) is 1.70. The molecule has 0 saturated heterocycles. The van der Waals surface area contributed by atoms with Crippen molar-refractivity contribution in [2.45, 2.75) is 26.7 Å². The van der Waals surface area contributed by atoms with Crippen LogP contribution in [0.1, 0.15) is 25.6 Å². The molecular weight excluding hydrogens is 290 g/mol. The molecule has 122 valence electrons. The standard InChI is InChI=1S/C17H23N5O/c1-5-6-17(23)21-14-9-7-13(8-10-14)20-15-11-16(22(3)4)19-12(2)18-15/h7-11H,5-6H2,1-4H3,(H,21,23)(H,18,19,20). The molecule has 0 atom stereocenters. The Morgan fingerprint density at radius 1 is 1.13 bits per heavy atom. The van der Waals surface area contributed by atoms with Crippen LogP contribution in [0.2, 0.25) is 0 Å². The third kappa shape index (κ3) is 4.95. The molecule has 1 aromatic carbocycles. The van der Waals surface area contributed by atoms with Crippen LogP contribution in [0.5, 0.6) is 0 Å². The van der Waals surface area contributed by atoms with Crippen LogP contribution in [0.15, 0.2) is 30.3 Å². The van der Waals surface area contributed by atoms with Gasteiger partial charge in [-0.2, -0.15) is 0 Å². The fourth-order valence-corrected chi connectivity index (χ4v) is 2.08. The number of aromatic nitrogens is 2. The Morgan fingerprint density at radius 3 is 2.39 bits per heavy atom. The second kappa shape index (κ2) is 7.58. The maximum atomic E-state index is 11.6. The Kier molecular flexibility index (Phi) is 5.51. The minimum atomic E-state index is 0.0373. The van der Waals surface area contributed by atoms with Crippen molar-refractivity contribution < 1.29 is 4.79 Å². The number of carbonyl (C=O) groups excluding carboxylic acids is 1. The van der Waals surface area contributed by atoms with Gasteiger partial charge in [0.25, 0.3) is 0 Å². The van der Waals surface area contributed by atoms with E-state index in [2.05, 4.69) is 20.6 Å². The summed E-state index contributed by atoms with van der Waals surface area (Å²) >= 11 is 0. The number of carbonyl (C=O) groups is 1. The summed E-state index contributed by atoms with van der Waals surface area (Å²) in [6.07, 6.45) is 1.38. The molecule has 0 aliphatic rings. The molecule has 1 heterocycles. The summed E-state index contributed by atoms with van der Waals surface area (Å²) in [6.45, 7) is 3.85. The lowest BCUT2D eigenvalue weighted by atomic mass is 10.2. The highest BCUT2D eigenvalue weighted by Crippen LogP contribution is 2.20. The lowest BCUT2D eigenvalue weighted by molar-refractivity contribution is -0.116. The minimum Gasteiger partial charge on any atom is -0.363 e.